The van der Waals surface area contributed by atoms with Crippen LogP contribution in [0.15, 0.2) is 23.0 Å². The molecule has 0 saturated heterocycles. The molecule has 2 nitrogen and oxygen atoms in total. The molecule has 1 heterocycles. The van der Waals surface area contributed by atoms with Crippen LogP contribution in [0.1, 0.15) is 31.0 Å². The van der Waals surface area contributed by atoms with Crippen molar-refractivity contribution in [3.05, 3.63) is 44.7 Å². The van der Waals surface area contributed by atoms with E-state index in [2.05, 4.69) is 18.8 Å². The third kappa shape index (κ3) is 1.74. The molecule has 2 aromatic rings. The molecule has 0 aliphatic heterocycles. The minimum atomic E-state index is -0.00819. The number of rotatable bonds is 1. The number of benzene rings is 1. The maximum atomic E-state index is 12.0. The number of aryl methyl sites for hydroxylation is 1. The van der Waals surface area contributed by atoms with Crippen molar-refractivity contribution in [3.63, 3.8) is 0 Å². The van der Waals surface area contributed by atoms with Gasteiger partial charge in [-0.3, -0.25) is 4.79 Å². The molecule has 1 aromatic carbocycles. The summed E-state index contributed by atoms with van der Waals surface area (Å²) in [5.74, 6) is 0.301. The lowest BCUT2D eigenvalue weighted by Crippen LogP contribution is -2.07. The number of aromatic nitrogens is 1. The van der Waals surface area contributed by atoms with Crippen LogP contribution in [0.2, 0.25) is 5.02 Å². The summed E-state index contributed by atoms with van der Waals surface area (Å²) in [4.78, 5) is 15.3. The van der Waals surface area contributed by atoms with E-state index >= 15 is 0 Å². The third-order valence-corrected chi connectivity index (χ3v) is 3.10. The Morgan fingerprint density at radius 2 is 2.00 bits per heavy atom. The van der Waals surface area contributed by atoms with Gasteiger partial charge in [0.15, 0.2) is 5.43 Å². The Balaban J connectivity index is 2.92. The van der Waals surface area contributed by atoms with Crippen molar-refractivity contribution in [3.8, 4) is 0 Å². The van der Waals surface area contributed by atoms with Gasteiger partial charge in [-0.25, -0.2) is 0 Å². The smallest absolute Gasteiger partial charge is 0.191 e. The molecule has 0 fully saturated rings. The maximum Gasteiger partial charge on any atom is 0.191 e. The molecule has 0 amide bonds. The van der Waals surface area contributed by atoms with Gasteiger partial charge in [-0.2, -0.15) is 0 Å². The first kappa shape index (κ1) is 11.2. The topological polar surface area (TPSA) is 32.9 Å². The Hall–Kier alpha value is -1.28. The van der Waals surface area contributed by atoms with E-state index in [1.54, 1.807) is 12.1 Å². The zero-order chi connectivity index (χ0) is 11.9. The van der Waals surface area contributed by atoms with Gasteiger partial charge in [0.2, 0.25) is 0 Å². The first-order chi connectivity index (χ1) is 7.50. The normalized spacial score (nSPS) is 11.3. The SMILES string of the molecule is Cc1ccc(Cl)c2c(=O)cc(C(C)C)[nH]c12. The fraction of sp³-hybridized carbons (Fsp3) is 0.308. The molecule has 0 aliphatic carbocycles. The van der Waals surface area contributed by atoms with Crippen molar-refractivity contribution in [1.82, 2.24) is 4.98 Å². The number of hydrogen-bond donors (Lipinski definition) is 1. The van der Waals surface area contributed by atoms with Crippen molar-refractivity contribution in [2.24, 2.45) is 0 Å². The van der Waals surface area contributed by atoms with Crippen LogP contribution in [-0.2, 0) is 0 Å². The van der Waals surface area contributed by atoms with Gasteiger partial charge in [0.05, 0.1) is 15.9 Å². The average molecular weight is 236 g/mol. The molecular weight excluding hydrogens is 222 g/mol. The molecule has 16 heavy (non-hydrogen) atoms. The molecule has 0 aliphatic rings. The summed E-state index contributed by atoms with van der Waals surface area (Å²) in [6, 6.07) is 5.33. The van der Waals surface area contributed by atoms with Crippen LogP contribution in [0.3, 0.4) is 0 Å². The quantitative estimate of drug-likeness (QED) is 0.805. The molecule has 2 rings (SSSR count). The van der Waals surface area contributed by atoms with Gasteiger partial charge in [-0.15, -0.1) is 0 Å². The van der Waals surface area contributed by atoms with Gasteiger partial charge in [-0.1, -0.05) is 31.5 Å². The van der Waals surface area contributed by atoms with Crippen LogP contribution in [0.25, 0.3) is 10.9 Å². The second-order valence-corrected chi connectivity index (χ2v) is 4.77. The number of hydrogen-bond acceptors (Lipinski definition) is 1. The highest BCUT2D eigenvalue weighted by Gasteiger charge is 2.09. The fourth-order valence-corrected chi connectivity index (χ4v) is 2.04. The van der Waals surface area contributed by atoms with Gasteiger partial charge < -0.3 is 4.98 Å². The van der Waals surface area contributed by atoms with Crippen molar-refractivity contribution in [2.45, 2.75) is 26.7 Å². The lowest BCUT2D eigenvalue weighted by Gasteiger charge is -2.09. The van der Waals surface area contributed by atoms with E-state index in [-0.39, 0.29) is 5.43 Å². The molecule has 1 N–H and O–H groups in total. The highest BCUT2D eigenvalue weighted by molar-refractivity contribution is 6.35. The first-order valence-corrected chi connectivity index (χ1v) is 5.70. The number of H-pyrrole nitrogens is 1. The number of halogens is 1. The Labute approximate surface area is 99.3 Å². The van der Waals surface area contributed by atoms with Gasteiger partial charge in [-0.05, 0) is 24.5 Å². The predicted molar refractivity (Wildman–Crippen MR) is 68.4 cm³/mol. The average Bonchev–Trinajstić information content (AvgIpc) is 2.22. The molecule has 84 valence electrons. The highest BCUT2D eigenvalue weighted by Crippen LogP contribution is 2.23. The molecule has 0 unspecified atom stereocenters. The van der Waals surface area contributed by atoms with Crippen LogP contribution >= 0.6 is 11.6 Å². The maximum absolute atomic E-state index is 12.0. The van der Waals surface area contributed by atoms with Gasteiger partial charge >= 0.3 is 0 Å². The zero-order valence-corrected chi connectivity index (χ0v) is 10.4. The minimum Gasteiger partial charge on any atom is -0.358 e. The van der Waals surface area contributed by atoms with Crippen molar-refractivity contribution >= 4 is 22.5 Å². The van der Waals surface area contributed by atoms with Crippen LogP contribution in [0, 0.1) is 6.92 Å². The summed E-state index contributed by atoms with van der Waals surface area (Å²) in [6.07, 6.45) is 0. The summed E-state index contributed by atoms with van der Waals surface area (Å²) < 4.78 is 0. The van der Waals surface area contributed by atoms with Crippen molar-refractivity contribution in [1.29, 1.82) is 0 Å². The lowest BCUT2D eigenvalue weighted by atomic mass is 10.1. The number of pyridine rings is 1. The highest BCUT2D eigenvalue weighted by atomic mass is 35.5. The standard InChI is InChI=1S/C13H14ClNO/c1-7(2)10-6-11(16)12-9(14)5-4-8(3)13(12)15-10/h4-7H,1-3H3,(H,15,16). The largest absolute Gasteiger partial charge is 0.358 e. The van der Waals surface area contributed by atoms with E-state index < -0.39 is 0 Å². The molecule has 0 atom stereocenters. The number of fused-ring (bicyclic) bond motifs is 1. The fourth-order valence-electron chi connectivity index (χ4n) is 1.79. The van der Waals surface area contributed by atoms with Crippen LogP contribution in [0.4, 0.5) is 0 Å². The van der Waals surface area contributed by atoms with Crippen molar-refractivity contribution in [2.75, 3.05) is 0 Å². The summed E-state index contributed by atoms with van der Waals surface area (Å²) in [7, 11) is 0. The summed E-state index contributed by atoms with van der Waals surface area (Å²) >= 11 is 6.05. The van der Waals surface area contributed by atoms with Crippen molar-refractivity contribution < 1.29 is 0 Å². The van der Waals surface area contributed by atoms with Crippen LogP contribution in [0.5, 0.6) is 0 Å². The zero-order valence-electron chi connectivity index (χ0n) is 9.60. The second-order valence-electron chi connectivity index (χ2n) is 4.36. The summed E-state index contributed by atoms with van der Waals surface area (Å²) in [6.45, 7) is 6.08. The Morgan fingerprint density at radius 3 is 2.62 bits per heavy atom. The number of nitrogens with one attached hydrogen (secondary N) is 1. The molecule has 3 heteroatoms. The Morgan fingerprint density at radius 1 is 1.31 bits per heavy atom. The third-order valence-electron chi connectivity index (χ3n) is 2.79. The van der Waals surface area contributed by atoms with Crippen LogP contribution < -0.4 is 5.43 Å². The monoisotopic (exact) mass is 235 g/mol. The molecule has 1 aromatic heterocycles. The first-order valence-electron chi connectivity index (χ1n) is 5.32. The van der Waals surface area contributed by atoms with Gasteiger partial charge in [0.25, 0.3) is 0 Å². The van der Waals surface area contributed by atoms with E-state index in [4.69, 9.17) is 11.6 Å². The van der Waals surface area contributed by atoms with Gasteiger partial charge in [0.1, 0.15) is 0 Å². The van der Waals surface area contributed by atoms with E-state index in [1.165, 1.54) is 0 Å². The lowest BCUT2D eigenvalue weighted by molar-refractivity contribution is 0.828. The molecular formula is C13H14ClNO. The van der Waals surface area contributed by atoms with E-state index in [1.807, 2.05) is 13.0 Å². The van der Waals surface area contributed by atoms with E-state index in [0.29, 0.717) is 16.3 Å². The summed E-state index contributed by atoms with van der Waals surface area (Å²) in [5.41, 5.74) is 2.83. The summed E-state index contributed by atoms with van der Waals surface area (Å²) in [5, 5.41) is 1.10. The molecule has 0 bridgehead atoms. The Kier molecular flexibility index (Phi) is 2.76. The second kappa shape index (κ2) is 3.95. The Bertz CT molecular complexity index is 599. The van der Waals surface area contributed by atoms with E-state index in [0.717, 1.165) is 16.8 Å². The van der Waals surface area contributed by atoms with Gasteiger partial charge in [0, 0.05) is 11.8 Å². The molecule has 0 saturated carbocycles. The predicted octanol–water partition coefficient (Wildman–Crippen LogP) is 3.61. The van der Waals surface area contributed by atoms with Crippen LogP contribution in [-0.4, -0.2) is 4.98 Å². The molecule has 0 spiro atoms. The minimum absolute atomic E-state index is 0.00819. The molecule has 0 radical (unpaired) electrons. The van der Waals surface area contributed by atoms with E-state index in [9.17, 15) is 4.79 Å². The number of aromatic amines is 1.